The molecule has 0 atom stereocenters. The highest BCUT2D eigenvalue weighted by Gasteiger charge is 2.37. The molecule has 0 aliphatic rings. The number of rotatable bonds is 7. The summed E-state index contributed by atoms with van der Waals surface area (Å²) in [6.07, 6.45) is 1.49. The number of esters is 1. The number of benzene rings is 1. The molecule has 0 spiro atoms. The Morgan fingerprint density at radius 3 is 2.04 bits per heavy atom. The Bertz CT molecular complexity index is 621. The van der Waals surface area contributed by atoms with Crippen LogP contribution in [0.15, 0.2) is 34.1 Å². The lowest BCUT2D eigenvalue weighted by atomic mass is 10.2. The fourth-order valence-corrected chi connectivity index (χ4v) is 3.69. The molecule has 1 rings (SSSR count). The van der Waals surface area contributed by atoms with Gasteiger partial charge in [0.25, 0.3) is 0 Å². The minimum atomic E-state index is -3.77. The van der Waals surface area contributed by atoms with E-state index >= 15 is 0 Å². The maximum atomic E-state index is 13.1. The number of hydrogen-bond donors (Lipinski definition) is 0. The highest BCUT2D eigenvalue weighted by Crippen LogP contribution is 2.57. The van der Waals surface area contributed by atoms with Crippen molar-refractivity contribution in [2.45, 2.75) is 40.2 Å². The largest absolute Gasteiger partial charge is 0.456 e. The van der Waals surface area contributed by atoms with E-state index < -0.39 is 19.2 Å². The molecule has 134 valence electrons. The van der Waals surface area contributed by atoms with E-state index in [9.17, 15) is 9.36 Å². The van der Waals surface area contributed by atoms with E-state index in [0.717, 1.165) is 4.47 Å². The Balaban J connectivity index is 3.36. The second-order valence-electron chi connectivity index (χ2n) is 5.92. The summed E-state index contributed by atoms with van der Waals surface area (Å²) in [5, 5.41) is -0.108. The van der Waals surface area contributed by atoms with Crippen LogP contribution in [0.5, 0.6) is 0 Å². The molecule has 7 heteroatoms. The third-order valence-corrected chi connectivity index (χ3v) is 5.30. The third-order valence-electron chi connectivity index (χ3n) is 2.67. The standard InChI is InChI=1S/C17H24BrO5P/c1-6-21-24(20,22-7-2)15(16(19)23-17(3,4)5)12-13-8-10-14(18)11-9-13/h8-12H,6-7H2,1-5H3/b15-12+. The fraction of sp³-hybridized carbons (Fsp3) is 0.471. The van der Waals surface area contributed by atoms with Gasteiger partial charge >= 0.3 is 13.6 Å². The second kappa shape index (κ2) is 8.95. The van der Waals surface area contributed by atoms with Gasteiger partial charge < -0.3 is 13.8 Å². The number of halogens is 1. The second-order valence-corrected chi connectivity index (χ2v) is 8.82. The summed E-state index contributed by atoms with van der Waals surface area (Å²) >= 11 is 3.35. The summed E-state index contributed by atoms with van der Waals surface area (Å²) in [6, 6.07) is 7.23. The van der Waals surface area contributed by atoms with Crippen LogP contribution in [0, 0.1) is 0 Å². The summed E-state index contributed by atoms with van der Waals surface area (Å²) in [6.45, 7) is 8.92. The number of hydrogen-bond acceptors (Lipinski definition) is 5. The van der Waals surface area contributed by atoms with Gasteiger partial charge in [0, 0.05) is 4.47 Å². The molecule has 0 heterocycles. The first-order chi connectivity index (χ1) is 11.1. The van der Waals surface area contributed by atoms with E-state index in [2.05, 4.69) is 15.9 Å². The van der Waals surface area contributed by atoms with Crippen molar-refractivity contribution in [3.8, 4) is 0 Å². The number of carbonyl (C=O) groups excluding carboxylic acids is 1. The van der Waals surface area contributed by atoms with Crippen LogP contribution in [0.2, 0.25) is 0 Å². The molecule has 0 unspecified atom stereocenters. The van der Waals surface area contributed by atoms with Crippen molar-refractivity contribution >= 4 is 35.6 Å². The molecule has 0 fully saturated rings. The van der Waals surface area contributed by atoms with E-state index in [0.29, 0.717) is 5.56 Å². The van der Waals surface area contributed by atoms with Crippen molar-refractivity contribution in [1.82, 2.24) is 0 Å². The molecule has 0 N–H and O–H groups in total. The molecule has 0 saturated carbocycles. The summed E-state index contributed by atoms with van der Waals surface area (Å²) < 4.78 is 30.0. The highest BCUT2D eigenvalue weighted by atomic mass is 79.9. The molecule has 0 amide bonds. The first-order valence-electron chi connectivity index (χ1n) is 7.71. The molecule has 0 aliphatic carbocycles. The summed E-state index contributed by atoms with van der Waals surface area (Å²) in [5.74, 6) is -0.712. The first-order valence-corrected chi connectivity index (χ1v) is 10.0. The topological polar surface area (TPSA) is 61.8 Å². The monoisotopic (exact) mass is 418 g/mol. The van der Waals surface area contributed by atoms with E-state index in [1.54, 1.807) is 46.8 Å². The van der Waals surface area contributed by atoms with Crippen LogP contribution in [0.1, 0.15) is 40.2 Å². The van der Waals surface area contributed by atoms with Crippen LogP contribution in [0.25, 0.3) is 6.08 Å². The number of carbonyl (C=O) groups is 1. The minimum Gasteiger partial charge on any atom is -0.456 e. The average molecular weight is 419 g/mol. The van der Waals surface area contributed by atoms with Crippen molar-refractivity contribution in [2.24, 2.45) is 0 Å². The van der Waals surface area contributed by atoms with Crippen LogP contribution in [0.3, 0.4) is 0 Å². The Morgan fingerprint density at radius 2 is 1.62 bits per heavy atom. The van der Waals surface area contributed by atoms with Crippen LogP contribution in [-0.2, 0) is 23.1 Å². The van der Waals surface area contributed by atoms with Crippen molar-refractivity contribution in [3.63, 3.8) is 0 Å². The Hall–Kier alpha value is -0.940. The van der Waals surface area contributed by atoms with Crippen molar-refractivity contribution in [3.05, 3.63) is 39.6 Å². The van der Waals surface area contributed by atoms with Crippen molar-refractivity contribution in [2.75, 3.05) is 13.2 Å². The van der Waals surface area contributed by atoms with Crippen LogP contribution in [0.4, 0.5) is 0 Å². The third kappa shape index (κ3) is 6.52. The van der Waals surface area contributed by atoms with Crippen LogP contribution >= 0.6 is 23.5 Å². The smallest absolute Gasteiger partial charge is 0.368 e. The quantitative estimate of drug-likeness (QED) is 0.337. The Morgan fingerprint density at radius 1 is 1.12 bits per heavy atom. The van der Waals surface area contributed by atoms with Gasteiger partial charge in [0.05, 0.1) is 13.2 Å². The lowest BCUT2D eigenvalue weighted by Gasteiger charge is -2.24. The maximum Gasteiger partial charge on any atom is 0.368 e. The van der Waals surface area contributed by atoms with E-state index in [4.69, 9.17) is 13.8 Å². The predicted molar refractivity (Wildman–Crippen MR) is 98.8 cm³/mol. The zero-order chi connectivity index (χ0) is 18.4. The lowest BCUT2D eigenvalue weighted by Crippen LogP contribution is -2.25. The van der Waals surface area contributed by atoms with E-state index in [1.165, 1.54) is 6.08 Å². The van der Waals surface area contributed by atoms with Gasteiger partial charge in [-0.2, -0.15) is 0 Å². The van der Waals surface area contributed by atoms with Gasteiger partial charge in [-0.15, -0.1) is 0 Å². The van der Waals surface area contributed by atoms with Gasteiger partial charge in [0.2, 0.25) is 0 Å². The molecule has 1 aromatic carbocycles. The van der Waals surface area contributed by atoms with Gasteiger partial charge in [-0.1, -0.05) is 28.1 Å². The lowest BCUT2D eigenvalue weighted by molar-refractivity contribution is -0.149. The van der Waals surface area contributed by atoms with E-state index in [-0.39, 0.29) is 18.5 Å². The molecule has 0 bridgehead atoms. The van der Waals surface area contributed by atoms with Gasteiger partial charge in [0.1, 0.15) is 10.9 Å². The minimum absolute atomic E-state index is 0.108. The molecule has 1 aromatic rings. The molecule has 0 radical (unpaired) electrons. The number of ether oxygens (including phenoxy) is 1. The summed E-state index contributed by atoms with van der Waals surface area (Å²) in [5.41, 5.74) is -0.0298. The molecule has 5 nitrogen and oxygen atoms in total. The van der Waals surface area contributed by atoms with Gasteiger partial charge in [0.15, 0.2) is 0 Å². The average Bonchev–Trinajstić information content (AvgIpc) is 2.45. The normalized spacial score (nSPS) is 13.0. The molecular formula is C17H24BrO5P. The molecule has 0 aliphatic heterocycles. The van der Waals surface area contributed by atoms with Crippen LogP contribution in [-0.4, -0.2) is 24.8 Å². The summed E-state index contributed by atoms with van der Waals surface area (Å²) in [7, 11) is -3.77. The maximum absolute atomic E-state index is 13.1. The zero-order valence-electron chi connectivity index (χ0n) is 14.7. The Labute approximate surface area is 152 Å². The first kappa shape index (κ1) is 21.1. The van der Waals surface area contributed by atoms with Gasteiger partial charge in [-0.25, -0.2) is 4.79 Å². The van der Waals surface area contributed by atoms with Crippen LogP contribution < -0.4 is 0 Å². The SMILES string of the molecule is CCOP(=O)(OCC)/C(=C/c1ccc(Br)cc1)C(=O)OC(C)(C)C. The van der Waals surface area contributed by atoms with Gasteiger partial charge in [-0.3, -0.25) is 4.57 Å². The zero-order valence-corrected chi connectivity index (χ0v) is 17.1. The van der Waals surface area contributed by atoms with Crippen molar-refractivity contribution in [1.29, 1.82) is 0 Å². The predicted octanol–water partition coefficient (Wildman–Crippen LogP) is 5.40. The molecule has 0 saturated heterocycles. The highest BCUT2D eigenvalue weighted by molar-refractivity contribution is 9.10. The summed E-state index contributed by atoms with van der Waals surface area (Å²) in [4.78, 5) is 12.6. The molecule has 24 heavy (non-hydrogen) atoms. The molecule has 0 aromatic heterocycles. The van der Waals surface area contributed by atoms with Gasteiger partial charge in [-0.05, 0) is 58.4 Å². The Kier molecular flexibility index (Phi) is 7.87. The fourth-order valence-electron chi connectivity index (χ4n) is 1.81. The van der Waals surface area contributed by atoms with E-state index in [1.807, 2.05) is 12.1 Å². The molecular weight excluding hydrogens is 395 g/mol. The van der Waals surface area contributed by atoms with Crippen molar-refractivity contribution < 1.29 is 23.1 Å².